The van der Waals surface area contributed by atoms with Gasteiger partial charge in [-0.15, -0.1) is 0 Å². The molecule has 0 bridgehead atoms. The lowest BCUT2D eigenvalue weighted by Gasteiger charge is -2.14. The molecular weight excluding hydrogens is 195 g/mol. The molecule has 1 aromatic carbocycles. The topological polar surface area (TPSA) is 29.5 Å². The Hall–Kier alpha value is -1.09. The minimum absolute atomic E-state index is 0.144. The van der Waals surface area contributed by atoms with E-state index in [0.717, 1.165) is 5.56 Å². The third-order valence-electron chi connectivity index (χ3n) is 2.44. The number of rotatable bonds is 4. The van der Waals surface area contributed by atoms with Gasteiger partial charge in [0.2, 0.25) is 0 Å². The summed E-state index contributed by atoms with van der Waals surface area (Å²) in [6.45, 7) is 3.70. The Morgan fingerprint density at radius 1 is 1.40 bits per heavy atom. The first kappa shape index (κ1) is 12.0. The molecule has 2 atom stereocenters. The first-order valence-electron chi connectivity index (χ1n) is 5.06. The molecule has 0 heterocycles. The molecule has 0 saturated heterocycles. The van der Waals surface area contributed by atoms with Crippen LogP contribution in [0.1, 0.15) is 31.7 Å². The number of hydrogen-bond donors (Lipinski definition) is 1. The molecule has 0 aliphatic heterocycles. The Balaban J connectivity index is 2.82. The van der Waals surface area contributed by atoms with Gasteiger partial charge in [-0.05, 0) is 37.0 Å². The highest BCUT2D eigenvalue weighted by Crippen LogP contribution is 2.25. The van der Waals surface area contributed by atoms with Crippen molar-refractivity contribution in [3.8, 4) is 5.75 Å². The van der Waals surface area contributed by atoms with Gasteiger partial charge in [-0.25, -0.2) is 4.39 Å². The number of hydrogen-bond acceptors (Lipinski definition) is 2. The summed E-state index contributed by atoms with van der Waals surface area (Å²) in [7, 11) is 1.44. The van der Waals surface area contributed by atoms with Crippen LogP contribution in [0.2, 0.25) is 0 Å². The minimum Gasteiger partial charge on any atom is -0.494 e. The van der Waals surface area contributed by atoms with Crippen LogP contribution in [0.5, 0.6) is 5.75 Å². The lowest BCUT2D eigenvalue weighted by Crippen LogP contribution is -2.06. The van der Waals surface area contributed by atoms with Gasteiger partial charge in [0.05, 0.1) is 13.2 Å². The molecule has 1 N–H and O–H groups in total. The van der Waals surface area contributed by atoms with Crippen molar-refractivity contribution in [2.75, 3.05) is 7.11 Å². The molecule has 0 radical (unpaired) electrons. The SMILES string of the molecule is COc1ccc(C(C)CC(C)O)cc1F. The van der Waals surface area contributed by atoms with Gasteiger partial charge >= 0.3 is 0 Å². The molecule has 84 valence electrons. The molecule has 2 unspecified atom stereocenters. The molecule has 0 aliphatic rings. The Morgan fingerprint density at radius 2 is 2.07 bits per heavy atom. The van der Waals surface area contributed by atoms with Crippen molar-refractivity contribution < 1.29 is 14.2 Å². The van der Waals surface area contributed by atoms with E-state index in [1.807, 2.05) is 13.0 Å². The van der Waals surface area contributed by atoms with Gasteiger partial charge in [-0.3, -0.25) is 0 Å². The minimum atomic E-state index is -0.370. The van der Waals surface area contributed by atoms with Gasteiger partial charge in [0.15, 0.2) is 11.6 Å². The van der Waals surface area contributed by atoms with Gasteiger partial charge < -0.3 is 9.84 Å². The van der Waals surface area contributed by atoms with Crippen molar-refractivity contribution in [3.05, 3.63) is 29.6 Å². The normalized spacial score (nSPS) is 14.7. The number of aliphatic hydroxyl groups is 1. The summed E-state index contributed by atoms with van der Waals surface area (Å²) >= 11 is 0. The van der Waals surface area contributed by atoms with Crippen LogP contribution in [0, 0.1) is 5.82 Å². The molecule has 0 amide bonds. The second-order valence-corrected chi connectivity index (χ2v) is 3.88. The lowest BCUT2D eigenvalue weighted by molar-refractivity contribution is 0.176. The van der Waals surface area contributed by atoms with E-state index in [9.17, 15) is 9.50 Å². The van der Waals surface area contributed by atoms with Gasteiger partial charge in [0.25, 0.3) is 0 Å². The molecular formula is C12H17FO2. The van der Waals surface area contributed by atoms with Crippen LogP contribution >= 0.6 is 0 Å². The van der Waals surface area contributed by atoms with E-state index in [0.29, 0.717) is 6.42 Å². The number of methoxy groups -OCH3 is 1. The predicted octanol–water partition coefficient (Wildman–Crippen LogP) is 2.71. The number of aliphatic hydroxyl groups excluding tert-OH is 1. The van der Waals surface area contributed by atoms with Crippen molar-refractivity contribution >= 4 is 0 Å². The molecule has 0 saturated carbocycles. The molecule has 15 heavy (non-hydrogen) atoms. The van der Waals surface area contributed by atoms with Crippen molar-refractivity contribution in [2.45, 2.75) is 32.3 Å². The summed E-state index contributed by atoms with van der Waals surface area (Å²) in [6, 6.07) is 4.91. The summed E-state index contributed by atoms with van der Waals surface area (Å²) in [4.78, 5) is 0. The number of benzene rings is 1. The first-order valence-corrected chi connectivity index (χ1v) is 5.06. The third-order valence-corrected chi connectivity index (χ3v) is 2.44. The molecule has 3 heteroatoms. The zero-order chi connectivity index (χ0) is 11.4. The maximum atomic E-state index is 13.4. The zero-order valence-electron chi connectivity index (χ0n) is 9.33. The highest BCUT2D eigenvalue weighted by Gasteiger charge is 2.11. The average molecular weight is 212 g/mol. The standard InChI is InChI=1S/C12H17FO2/c1-8(6-9(2)14)10-4-5-12(15-3)11(13)7-10/h4-5,7-9,14H,6H2,1-3H3. The third kappa shape index (κ3) is 3.20. The van der Waals surface area contributed by atoms with Crippen molar-refractivity contribution in [1.29, 1.82) is 0 Å². The summed E-state index contributed by atoms with van der Waals surface area (Å²) in [5.74, 6) is 0.0424. The molecule has 0 aromatic heterocycles. The average Bonchev–Trinajstić information content (AvgIpc) is 2.16. The van der Waals surface area contributed by atoms with Gasteiger partial charge in [-0.2, -0.15) is 0 Å². The molecule has 1 aromatic rings. The van der Waals surface area contributed by atoms with Crippen LogP contribution in [0.3, 0.4) is 0 Å². The maximum absolute atomic E-state index is 13.4. The van der Waals surface area contributed by atoms with Gasteiger partial charge in [0, 0.05) is 0 Å². The molecule has 0 aliphatic carbocycles. The van der Waals surface area contributed by atoms with E-state index >= 15 is 0 Å². The molecule has 0 fully saturated rings. The number of halogens is 1. The van der Waals surface area contributed by atoms with E-state index < -0.39 is 0 Å². The fourth-order valence-corrected chi connectivity index (χ4v) is 1.64. The lowest BCUT2D eigenvalue weighted by atomic mass is 9.95. The van der Waals surface area contributed by atoms with Crippen LogP contribution < -0.4 is 4.74 Å². The Labute approximate surface area is 89.7 Å². The Morgan fingerprint density at radius 3 is 2.53 bits per heavy atom. The fraction of sp³-hybridized carbons (Fsp3) is 0.500. The smallest absolute Gasteiger partial charge is 0.165 e. The maximum Gasteiger partial charge on any atom is 0.165 e. The van der Waals surface area contributed by atoms with Crippen molar-refractivity contribution in [2.24, 2.45) is 0 Å². The molecule has 1 rings (SSSR count). The van der Waals surface area contributed by atoms with Crippen molar-refractivity contribution in [3.63, 3.8) is 0 Å². The van der Waals surface area contributed by atoms with Crippen LogP contribution in [0.15, 0.2) is 18.2 Å². The second-order valence-electron chi connectivity index (χ2n) is 3.88. The van der Waals surface area contributed by atoms with E-state index in [-0.39, 0.29) is 23.6 Å². The molecule has 2 nitrogen and oxygen atoms in total. The monoisotopic (exact) mass is 212 g/mol. The highest BCUT2D eigenvalue weighted by atomic mass is 19.1. The quantitative estimate of drug-likeness (QED) is 0.831. The van der Waals surface area contributed by atoms with Crippen LogP contribution in [0.4, 0.5) is 4.39 Å². The summed E-state index contributed by atoms with van der Waals surface area (Å²) in [6.07, 6.45) is 0.261. The second kappa shape index (κ2) is 5.12. The van der Waals surface area contributed by atoms with E-state index in [4.69, 9.17) is 4.74 Å². The zero-order valence-corrected chi connectivity index (χ0v) is 9.33. The van der Waals surface area contributed by atoms with Crippen LogP contribution in [0.25, 0.3) is 0 Å². The predicted molar refractivity (Wildman–Crippen MR) is 57.7 cm³/mol. The summed E-state index contributed by atoms with van der Waals surface area (Å²) in [5, 5.41) is 9.24. The Bertz CT molecular complexity index is 323. The fourth-order valence-electron chi connectivity index (χ4n) is 1.64. The van der Waals surface area contributed by atoms with Crippen LogP contribution in [-0.4, -0.2) is 18.3 Å². The van der Waals surface area contributed by atoms with E-state index in [2.05, 4.69) is 0 Å². The Kier molecular flexibility index (Phi) is 4.09. The van der Waals surface area contributed by atoms with Crippen molar-refractivity contribution in [1.82, 2.24) is 0 Å². The summed E-state index contributed by atoms with van der Waals surface area (Å²) in [5.41, 5.74) is 0.884. The highest BCUT2D eigenvalue weighted by molar-refractivity contribution is 5.31. The van der Waals surface area contributed by atoms with Crippen LogP contribution in [-0.2, 0) is 0 Å². The number of ether oxygens (including phenoxy) is 1. The van der Waals surface area contributed by atoms with Gasteiger partial charge in [0.1, 0.15) is 0 Å². The summed E-state index contributed by atoms with van der Waals surface area (Å²) < 4.78 is 18.2. The van der Waals surface area contributed by atoms with Gasteiger partial charge in [-0.1, -0.05) is 13.0 Å². The van der Waals surface area contributed by atoms with E-state index in [1.165, 1.54) is 13.2 Å². The first-order chi connectivity index (χ1) is 7.04. The molecule has 0 spiro atoms. The largest absolute Gasteiger partial charge is 0.494 e. The van der Waals surface area contributed by atoms with E-state index in [1.54, 1.807) is 13.0 Å².